The third kappa shape index (κ3) is 3.17. The van der Waals surface area contributed by atoms with Crippen LogP contribution in [0.2, 0.25) is 0 Å². The largest absolute Gasteiger partial charge is 0.298 e. The number of benzene rings is 4. The van der Waals surface area contributed by atoms with Crippen LogP contribution in [0, 0.1) is 0 Å². The first kappa shape index (κ1) is 17.6. The fraction of sp³-hybridized carbons (Fsp3) is 0. The smallest absolute Gasteiger partial charge is 0.151 e. The zero-order valence-corrected chi connectivity index (χ0v) is 15.2. The van der Waals surface area contributed by atoms with Crippen LogP contribution in [0.15, 0.2) is 97.1 Å². The molecule has 0 atom stereocenters. The standard InChI is InChI=1S/C26H18O2/c27-17-25-22(20-11-5-2-6-12-20)15-16-24(26(25)18-28)23-14-8-7-13-21(23)19-9-3-1-4-10-19/h1-18H. The highest BCUT2D eigenvalue weighted by atomic mass is 16.1. The van der Waals surface area contributed by atoms with Crippen LogP contribution in [-0.4, -0.2) is 12.6 Å². The minimum atomic E-state index is 0.416. The quantitative estimate of drug-likeness (QED) is 0.390. The summed E-state index contributed by atoms with van der Waals surface area (Å²) in [6, 6.07) is 31.5. The monoisotopic (exact) mass is 362 g/mol. The molecular formula is C26H18O2. The van der Waals surface area contributed by atoms with E-state index in [1.54, 1.807) is 0 Å². The maximum Gasteiger partial charge on any atom is 0.151 e. The number of hydrogen-bond acceptors (Lipinski definition) is 2. The first-order chi connectivity index (χ1) is 13.8. The average Bonchev–Trinajstić information content (AvgIpc) is 2.79. The van der Waals surface area contributed by atoms with Gasteiger partial charge in [-0.2, -0.15) is 0 Å². The molecule has 0 aliphatic rings. The van der Waals surface area contributed by atoms with Gasteiger partial charge in [0.05, 0.1) is 0 Å². The Balaban J connectivity index is 1.96. The van der Waals surface area contributed by atoms with Crippen LogP contribution < -0.4 is 0 Å². The van der Waals surface area contributed by atoms with Gasteiger partial charge in [0, 0.05) is 11.1 Å². The second-order valence-corrected chi connectivity index (χ2v) is 6.50. The molecule has 0 spiro atoms. The van der Waals surface area contributed by atoms with E-state index < -0.39 is 0 Å². The molecule has 2 heteroatoms. The highest BCUT2D eigenvalue weighted by molar-refractivity contribution is 6.04. The summed E-state index contributed by atoms with van der Waals surface area (Å²) in [5, 5.41) is 0. The van der Waals surface area contributed by atoms with E-state index in [1.165, 1.54) is 0 Å². The minimum Gasteiger partial charge on any atom is -0.298 e. The summed E-state index contributed by atoms with van der Waals surface area (Å²) >= 11 is 0. The van der Waals surface area contributed by atoms with E-state index >= 15 is 0 Å². The summed E-state index contributed by atoms with van der Waals surface area (Å²) < 4.78 is 0. The topological polar surface area (TPSA) is 34.1 Å². The Hall–Kier alpha value is -3.78. The molecular weight excluding hydrogens is 344 g/mol. The van der Waals surface area contributed by atoms with E-state index in [0.29, 0.717) is 11.1 Å². The number of rotatable bonds is 5. The molecule has 28 heavy (non-hydrogen) atoms. The molecule has 0 aromatic heterocycles. The second kappa shape index (κ2) is 7.85. The van der Waals surface area contributed by atoms with Crippen molar-refractivity contribution in [2.75, 3.05) is 0 Å². The van der Waals surface area contributed by atoms with E-state index in [-0.39, 0.29) is 0 Å². The lowest BCUT2D eigenvalue weighted by molar-refractivity contribution is 0.109. The van der Waals surface area contributed by atoms with Crippen LogP contribution in [0.3, 0.4) is 0 Å². The van der Waals surface area contributed by atoms with Crippen LogP contribution in [0.1, 0.15) is 20.7 Å². The predicted molar refractivity (Wildman–Crippen MR) is 114 cm³/mol. The molecule has 0 radical (unpaired) electrons. The van der Waals surface area contributed by atoms with E-state index in [4.69, 9.17) is 0 Å². The molecule has 0 unspecified atom stereocenters. The first-order valence-electron chi connectivity index (χ1n) is 9.11. The van der Waals surface area contributed by atoms with Crippen molar-refractivity contribution in [2.45, 2.75) is 0 Å². The van der Waals surface area contributed by atoms with Crippen LogP contribution in [0.25, 0.3) is 33.4 Å². The SMILES string of the molecule is O=Cc1c(-c2ccccc2)ccc(-c2ccccc2-c2ccccc2)c1C=O. The summed E-state index contributed by atoms with van der Waals surface area (Å²) in [5.74, 6) is 0. The summed E-state index contributed by atoms with van der Waals surface area (Å²) in [7, 11) is 0. The molecule has 134 valence electrons. The molecule has 0 fully saturated rings. The molecule has 0 saturated carbocycles. The van der Waals surface area contributed by atoms with Gasteiger partial charge in [-0.05, 0) is 33.4 Å². The normalized spacial score (nSPS) is 10.4. The van der Waals surface area contributed by atoms with Gasteiger partial charge in [-0.1, -0.05) is 97.1 Å². The lowest BCUT2D eigenvalue weighted by Crippen LogP contribution is -1.99. The number of carbonyl (C=O) groups excluding carboxylic acids is 2. The summed E-state index contributed by atoms with van der Waals surface area (Å²) in [6.07, 6.45) is 1.56. The van der Waals surface area contributed by atoms with Crippen LogP contribution in [0.5, 0.6) is 0 Å². The second-order valence-electron chi connectivity index (χ2n) is 6.50. The molecule has 0 amide bonds. The average molecular weight is 362 g/mol. The molecule has 0 heterocycles. The van der Waals surface area contributed by atoms with E-state index in [0.717, 1.165) is 46.0 Å². The molecule has 4 rings (SSSR count). The number of aldehydes is 2. The van der Waals surface area contributed by atoms with Gasteiger partial charge < -0.3 is 0 Å². The van der Waals surface area contributed by atoms with Crippen molar-refractivity contribution in [3.63, 3.8) is 0 Å². The van der Waals surface area contributed by atoms with Crippen LogP contribution >= 0.6 is 0 Å². The van der Waals surface area contributed by atoms with E-state index in [1.807, 2.05) is 97.1 Å². The number of carbonyl (C=O) groups is 2. The van der Waals surface area contributed by atoms with Gasteiger partial charge in [0.25, 0.3) is 0 Å². The Kier molecular flexibility index (Phi) is 4.94. The van der Waals surface area contributed by atoms with Crippen LogP contribution in [-0.2, 0) is 0 Å². The Labute approximate surface area is 164 Å². The Bertz CT molecular complexity index is 1130. The summed E-state index contributed by atoms with van der Waals surface area (Å²) in [6.45, 7) is 0. The van der Waals surface area contributed by atoms with Gasteiger partial charge in [0.2, 0.25) is 0 Å². The van der Waals surface area contributed by atoms with Crippen molar-refractivity contribution >= 4 is 12.6 Å². The summed E-state index contributed by atoms with van der Waals surface area (Å²) in [4.78, 5) is 24.0. The summed E-state index contributed by atoms with van der Waals surface area (Å²) in [5.41, 5.74) is 6.29. The fourth-order valence-electron chi connectivity index (χ4n) is 3.58. The van der Waals surface area contributed by atoms with Crippen molar-refractivity contribution < 1.29 is 9.59 Å². The lowest BCUT2D eigenvalue weighted by Gasteiger charge is -2.15. The molecule has 4 aromatic rings. The van der Waals surface area contributed by atoms with Gasteiger partial charge in [-0.3, -0.25) is 9.59 Å². The van der Waals surface area contributed by atoms with Gasteiger partial charge in [-0.25, -0.2) is 0 Å². The first-order valence-corrected chi connectivity index (χ1v) is 9.11. The van der Waals surface area contributed by atoms with Crippen molar-refractivity contribution in [2.24, 2.45) is 0 Å². The van der Waals surface area contributed by atoms with E-state index in [2.05, 4.69) is 0 Å². The predicted octanol–water partition coefficient (Wildman–Crippen LogP) is 6.31. The van der Waals surface area contributed by atoms with Crippen molar-refractivity contribution in [1.82, 2.24) is 0 Å². The molecule has 0 aliphatic heterocycles. The van der Waals surface area contributed by atoms with Crippen LogP contribution in [0.4, 0.5) is 0 Å². The zero-order chi connectivity index (χ0) is 19.3. The Morgan fingerprint density at radius 3 is 1.39 bits per heavy atom. The van der Waals surface area contributed by atoms with Crippen molar-refractivity contribution in [3.05, 3.63) is 108 Å². The fourth-order valence-corrected chi connectivity index (χ4v) is 3.58. The molecule has 0 saturated heterocycles. The van der Waals surface area contributed by atoms with Gasteiger partial charge >= 0.3 is 0 Å². The molecule has 0 aliphatic carbocycles. The zero-order valence-electron chi connectivity index (χ0n) is 15.2. The third-order valence-electron chi connectivity index (χ3n) is 4.91. The minimum absolute atomic E-state index is 0.416. The molecule has 0 bridgehead atoms. The highest BCUT2D eigenvalue weighted by Crippen LogP contribution is 2.37. The molecule has 0 N–H and O–H groups in total. The number of hydrogen-bond donors (Lipinski definition) is 0. The Morgan fingerprint density at radius 1 is 0.393 bits per heavy atom. The van der Waals surface area contributed by atoms with Crippen molar-refractivity contribution in [3.8, 4) is 33.4 Å². The third-order valence-corrected chi connectivity index (χ3v) is 4.91. The van der Waals surface area contributed by atoms with Gasteiger partial charge in [-0.15, -0.1) is 0 Å². The Morgan fingerprint density at radius 2 is 0.821 bits per heavy atom. The van der Waals surface area contributed by atoms with E-state index in [9.17, 15) is 9.59 Å². The van der Waals surface area contributed by atoms with Gasteiger partial charge in [0.15, 0.2) is 12.6 Å². The van der Waals surface area contributed by atoms with Crippen molar-refractivity contribution in [1.29, 1.82) is 0 Å². The molecule has 2 nitrogen and oxygen atoms in total. The van der Waals surface area contributed by atoms with Gasteiger partial charge in [0.1, 0.15) is 0 Å². The highest BCUT2D eigenvalue weighted by Gasteiger charge is 2.17. The molecule has 4 aromatic carbocycles. The maximum absolute atomic E-state index is 12.1. The maximum atomic E-state index is 12.1. The lowest BCUT2D eigenvalue weighted by atomic mass is 9.87.